The molecule has 0 saturated carbocycles. The van der Waals surface area contributed by atoms with Gasteiger partial charge in [-0.2, -0.15) is 0 Å². The lowest BCUT2D eigenvalue weighted by Gasteiger charge is -2.10. The van der Waals surface area contributed by atoms with Crippen LogP contribution in [0, 0.1) is 0 Å². The van der Waals surface area contributed by atoms with Crippen molar-refractivity contribution in [3.63, 3.8) is 0 Å². The number of carbonyl (C=O) groups excluding carboxylic acids is 1. The smallest absolute Gasteiger partial charge is 0.202 e. The van der Waals surface area contributed by atoms with Crippen molar-refractivity contribution < 1.29 is 9.53 Å². The number of carbonyl (C=O) groups is 1. The van der Waals surface area contributed by atoms with Crippen LogP contribution in [0.1, 0.15) is 15.2 Å². The summed E-state index contributed by atoms with van der Waals surface area (Å²) >= 11 is 1.45. The van der Waals surface area contributed by atoms with Gasteiger partial charge in [-0.15, -0.1) is 11.3 Å². The third-order valence-electron chi connectivity index (χ3n) is 5.11. The van der Waals surface area contributed by atoms with Gasteiger partial charge in [0.25, 0.3) is 0 Å². The number of ether oxygens (including phenoxy) is 1. The minimum absolute atomic E-state index is 0.0368. The first-order chi connectivity index (χ1) is 16.3. The predicted octanol–water partition coefficient (Wildman–Crippen LogP) is 7.87. The number of rotatable bonds is 7. The zero-order chi connectivity index (χ0) is 22.5. The van der Waals surface area contributed by atoms with Gasteiger partial charge in [0.15, 0.2) is 14.7 Å². The molecule has 0 fully saturated rings. The summed E-state index contributed by atoms with van der Waals surface area (Å²) in [4.78, 5) is 17.0. The van der Waals surface area contributed by atoms with Crippen molar-refractivity contribution in [2.45, 2.75) is 14.7 Å². The van der Waals surface area contributed by atoms with Crippen molar-refractivity contribution in [1.29, 1.82) is 0 Å². The average molecular weight is 466 g/mol. The SMILES string of the molecule is O=C(c1ccc(Oc2ccc([S+](c3ccccc3)c3ccccc3)cc2)cc1)c1cccs1. The summed E-state index contributed by atoms with van der Waals surface area (Å²) in [7, 11) is -0.185. The molecule has 0 N–H and O–H groups in total. The first-order valence-corrected chi connectivity index (χ1v) is 12.7. The normalized spacial score (nSPS) is 10.8. The van der Waals surface area contributed by atoms with E-state index in [1.807, 2.05) is 66.0 Å². The van der Waals surface area contributed by atoms with Crippen LogP contribution in [-0.2, 0) is 10.9 Å². The van der Waals surface area contributed by atoms with E-state index in [4.69, 9.17) is 4.74 Å². The van der Waals surface area contributed by atoms with E-state index in [0.717, 1.165) is 10.6 Å². The third kappa shape index (κ3) is 4.92. The van der Waals surface area contributed by atoms with E-state index >= 15 is 0 Å². The molecule has 0 aliphatic rings. The van der Waals surface area contributed by atoms with Gasteiger partial charge in [-0.25, -0.2) is 0 Å². The fourth-order valence-corrected chi connectivity index (χ4v) is 6.29. The molecule has 5 rings (SSSR count). The topological polar surface area (TPSA) is 26.3 Å². The van der Waals surface area contributed by atoms with Crippen LogP contribution in [-0.4, -0.2) is 5.78 Å². The summed E-state index contributed by atoms with van der Waals surface area (Å²) in [5.74, 6) is 1.51. The summed E-state index contributed by atoms with van der Waals surface area (Å²) in [6.45, 7) is 0. The highest BCUT2D eigenvalue weighted by molar-refractivity contribution is 7.97. The molecule has 0 atom stereocenters. The molecule has 4 aromatic carbocycles. The van der Waals surface area contributed by atoms with E-state index < -0.39 is 0 Å². The molecule has 0 radical (unpaired) electrons. The summed E-state index contributed by atoms with van der Waals surface area (Å²) in [6, 6.07) is 40.5. The molecular weight excluding hydrogens is 444 g/mol. The van der Waals surface area contributed by atoms with Gasteiger partial charge in [0.1, 0.15) is 11.5 Å². The maximum atomic E-state index is 12.5. The molecule has 160 valence electrons. The molecule has 1 heterocycles. The Kier molecular flexibility index (Phi) is 6.38. The van der Waals surface area contributed by atoms with Gasteiger partial charge in [0, 0.05) is 5.56 Å². The van der Waals surface area contributed by atoms with Crippen molar-refractivity contribution >= 4 is 28.0 Å². The van der Waals surface area contributed by atoms with Gasteiger partial charge < -0.3 is 4.74 Å². The summed E-state index contributed by atoms with van der Waals surface area (Å²) < 4.78 is 6.04. The molecule has 4 heteroatoms. The lowest BCUT2D eigenvalue weighted by Crippen LogP contribution is -2.04. The molecule has 0 unspecified atom stereocenters. The van der Waals surface area contributed by atoms with Crippen molar-refractivity contribution in [2.75, 3.05) is 0 Å². The van der Waals surface area contributed by atoms with Crippen LogP contribution < -0.4 is 4.74 Å². The van der Waals surface area contributed by atoms with Crippen molar-refractivity contribution in [1.82, 2.24) is 0 Å². The predicted molar refractivity (Wildman–Crippen MR) is 136 cm³/mol. The van der Waals surface area contributed by atoms with Crippen LogP contribution in [0.5, 0.6) is 11.5 Å². The number of hydrogen-bond donors (Lipinski definition) is 0. The monoisotopic (exact) mass is 465 g/mol. The van der Waals surface area contributed by atoms with Gasteiger partial charge >= 0.3 is 0 Å². The highest BCUT2D eigenvalue weighted by atomic mass is 32.2. The van der Waals surface area contributed by atoms with Crippen LogP contribution in [0.25, 0.3) is 0 Å². The zero-order valence-electron chi connectivity index (χ0n) is 17.8. The van der Waals surface area contributed by atoms with E-state index in [1.165, 1.54) is 26.0 Å². The zero-order valence-corrected chi connectivity index (χ0v) is 19.4. The van der Waals surface area contributed by atoms with Crippen LogP contribution >= 0.6 is 11.3 Å². The van der Waals surface area contributed by atoms with E-state index in [-0.39, 0.29) is 16.7 Å². The Morgan fingerprint density at radius 3 is 1.61 bits per heavy atom. The quantitative estimate of drug-likeness (QED) is 0.181. The minimum atomic E-state index is -0.185. The van der Waals surface area contributed by atoms with Gasteiger partial charge in [-0.3, -0.25) is 4.79 Å². The Hall–Kier alpha value is -3.60. The van der Waals surface area contributed by atoms with Gasteiger partial charge in [-0.1, -0.05) is 42.5 Å². The van der Waals surface area contributed by atoms with Gasteiger partial charge in [-0.05, 0) is 84.2 Å². The first kappa shape index (κ1) is 21.3. The van der Waals surface area contributed by atoms with Crippen LogP contribution in [0.4, 0.5) is 0 Å². The molecule has 0 spiro atoms. The molecule has 0 bridgehead atoms. The average Bonchev–Trinajstić information content (AvgIpc) is 3.42. The standard InChI is InChI=1S/C29H21O2S2/c30-29(28-12-7-21-32-28)22-13-15-23(16-14-22)31-24-17-19-27(20-18-24)33(25-8-3-1-4-9-25)26-10-5-2-6-11-26/h1-21H/q+1. The summed E-state index contributed by atoms with van der Waals surface area (Å²) in [5.41, 5.74) is 0.662. The third-order valence-corrected chi connectivity index (χ3v) is 8.21. The lowest BCUT2D eigenvalue weighted by atomic mass is 10.1. The molecule has 2 nitrogen and oxygen atoms in total. The minimum Gasteiger partial charge on any atom is -0.457 e. The van der Waals surface area contributed by atoms with E-state index in [1.54, 1.807) is 0 Å². The molecule has 0 aliphatic heterocycles. The number of benzene rings is 4. The van der Waals surface area contributed by atoms with Gasteiger partial charge in [0.05, 0.1) is 15.8 Å². The Labute approximate surface area is 200 Å². The van der Waals surface area contributed by atoms with Crippen LogP contribution in [0.15, 0.2) is 141 Å². The fourth-order valence-electron chi connectivity index (χ4n) is 3.53. The summed E-state index contributed by atoms with van der Waals surface area (Å²) in [6.07, 6.45) is 0. The Bertz CT molecular complexity index is 1270. The number of ketones is 1. The van der Waals surface area contributed by atoms with Gasteiger partial charge in [0.2, 0.25) is 5.78 Å². The maximum absolute atomic E-state index is 12.5. The van der Waals surface area contributed by atoms with Crippen molar-refractivity contribution in [2.24, 2.45) is 0 Å². The fraction of sp³-hybridized carbons (Fsp3) is 0. The first-order valence-electron chi connectivity index (χ1n) is 10.6. The second-order valence-corrected chi connectivity index (χ2v) is 10.3. The molecule has 0 aliphatic carbocycles. The molecule has 33 heavy (non-hydrogen) atoms. The van der Waals surface area contributed by atoms with Crippen LogP contribution in [0.2, 0.25) is 0 Å². The second kappa shape index (κ2) is 9.90. The molecule has 5 aromatic rings. The largest absolute Gasteiger partial charge is 0.457 e. The van der Waals surface area contributed by atoms with Crippen molar-refractivity contribution in [3.8, 4) is 11.5 Å². The molecule has 1 aromatic heterocycles. The number of thiophene rings is 1. The van der Waals surface area contributed by atoms with Crippen molar-refractivity contribution in [3.05, 3.63) is 137 Å². The Balaban J connectivity index is 1.35. The molecule has 0 saturated heterocycles. The van der Waals surface area contributed by atoms with E-state index in [2.05, 4.69) is 60.7 Å². The molecule has 0 amide bonds. The Morgan fingerprint density at radius 1 is 0.576 bits per heavy atom. The molecular formula is C29H21O2S2+. The van der Waals surface area contributed by atoms with Crippen LogP contribution in [0.3, 0.4) is 0 Å². The van der Waals surface area contributed by atoms with E-state index in [9.17, 15) is 4.79 Å². The van der Waals surface area contributed by atoms with E-state index in [0.29, 0.717) is 11.3 Å². The number of hydrogen-bond acceptors (Lipinski definition) is 3. The lowest BCUT2D eigenvalue weighted by molar-refractivity contribution is 0.104. The highest BCUT2D eigenvalue weighted by Gasteiger charge is 2.28. The second-order valence-electron chi connectivity index (χ2n) is 7.34. The Morgan fingerprint density at radius 2 is 1.09 bits per heavy atom. The highest BCUT2D eigenvalue weighted by Crippen LogP contribution is 2.32. The summed E-state index contributed by atoms with van der Waals surface area (Å²) in [5, 5.41) is 1.91. The maximum Gasteiger partial charge on any atom is 0.202 e.